The number of benzene rings is 1. The Bertz CT molecular complexity index is 395. The van der Waals surface area contributed by atoms with Gasteiger partial charge in [-0.1, -0.05) is 12.5 Å². The molecule has 2 nitrogen and oxygen atoms in total. The molecule has 1 aromatic carbocycles. The first kappa shape index (κ1) is 13.9. The summed E-state index contributed by atoms with van der Waals surface area (Å²) in [5.41, 5.74) is -0.199. The molecule has 0 aromatic heterocycles. The lowest BCUT2D eigenvalue weighted by Gasteiger charge is -2.13. The summed E-state index contributed by atoms with van der Waals surface area (Å²) in [6.07, 6.45) is 3.13. The molecule has 0 radical (unpaired) electrons. The Kier molecular flexibility index (Phi) is 5.37. The maximum Gasteiger partial charge on any atom is 0.116 e. The normalized spacial score (nSPS) is 11.1. The molecule has 0 amide bonds. The third-order valence-corrected chi connectivity index (χ3v) is 3.67. The summed E-state index contributed by atoms with van der Waals surface area (Å²) in [7, 11) is 0. The molecule has 0 spiro atoms. The van der Waals surface area contributed by atoms with Gasteiger partial charge in [-0.15, -0.1) is 11.8 Å². The Balaban J connectivity index is 2.19. The minimum Gasteiger partial charge on any atom is -0.508 e. The predicted molar refractivity (Wildman–Crippen MR) is 72.1 cm³/mol. The van der Waals surface area contributed by atoms with Gasteiger partial charge in [0.25, 0.3) is 0 Å². The maximum absolute atomic E-state index is 9.30. The largest absolute Gasteiger partial charge is 0.508 e. The number of thioether (sulfide) groups is 1. The lowest BCUT2D eigenvalue weighted by Crippen LogP contribution is -2.07. The number of phenolic OH excluding ortho intramolecular Hbond substituents is 1. The van der Waals surface area contributed by atoms with E-state index in [1.807, 2.05) is 26.0 Å². The Morgan fingerprint density at radius 1 is 1.35 bits per heavy atom. The molecule has 1 N–H and O–H groups in total. The Morgan fingerprint density at radius 2 is 2.12 bits per heavy atom. The summed E-state index contributed by atoms with van der Waals surface area (Å²) in [6.45, 7) is 3.96. The maximum atomic E-state index is 9.30. The molecule has 0 atom stereocenters. The zero-order valence-corrected chi connectivity index (χ0v) is 11.3. The average molecular weight is 249 g/mol. The average Bonchev–Trinajstić information content (AvgIpc) is 2.29. The highest BCUT2D eigenvalue weighted by Crippen LogP contribution is 2.25. The minimum absolute atomic E-state index is 0.199. The fourth-order valence-electron chi connectivity index (χ4n) is 1.49. The van der Waals surface area contributed by atoms with Crippen molar-refractivity contribution in [2.45, 2.75) is 38.0 Å². The standard InChI is InChI=1S/C14H19NOS/c1-14(2,11-15)8-3-4-9-17-13-7-5-6-12(16)10-13/h5-7,10,16H,3-4,8-9H2,1-2H3. The molecule has 0 aliphatic rings. The van der Waals surface area contributed by atoms with Gasteiger partial charge in [-0.2, -0.15) is 5.26 Å². The van der Waals surface area contributed by atoms with Gasteiger partial charge in [0.1, 0.15) is 5.75 Å². The number of unbranched alkanes of at least 4 members (excludes halogenated alkanes) is 1. The molecule has 0 aliphatic heterocycles. The first-order valence-electron chi connectivity index (χ1n) is 5.86. The molecule has 1 aromatic rings. The smallest absolute Gasteiger partial charge is 0.116 e. The van der Waals surface area contributed by atoms with E-state index in [2.05, 4.69) is 6.07 Å². The van der Waals surface area contributed by atoms with Gasteiger partial charge in [-0.25, -0.2) is 0 Å². The van der Waals surface area contributed by atoms with Crippen LogP contribution in [0.4, 0.5) is 0 Å². The quantitative estimate of drug-likeness (QED) is 0.607. The van der Waals surface area contributed by atoms with E-state index in [-0.39, 0.29) is 5.41 Å². The van der Waals surface area contributed by atoms with Crippen molar-refractivity contribution in [2.75, 3.05) is 5.75 Å². The molecule has 92 valence electrons. The van der Waals surface area contributed by atoms with E-state index in [0.717, 1.165) is 29.9 Å². The van der Waals surface area contributed by atoms with E-state index >= 15 is 0 Å². The van der Waals surface area contributed by atoms with Crippen LogP contribution >= 0.6 is 11.8 Å². The molecule has 0 unspecified atom stereocenters. The van der Waals surface area contributed by atoms with Crippen LogP contribution in [0, 0.1) is 16.7 Å². The van der Waals surface area contributed by atoms with Gasteiger partial charge in [0.05, 0.1) is 11.5 Å². The number of rotatable bonds is 6. The zero-order chi connectivity index (χ0) is 12.7. The van der Waals surface area contributed by atoms with Crippen molar-refractivity contribution in [2.24, 2.45) is 5.41 Å². The van der Waals surface area contributed by atoms with Gasteiger partial charge >= 0.3 is 0 Å². The number of nitrogens with zero attached hydrogens (tertiary/aromatic N) is 1. The molecule has 17 heavy (non-hydrogen) atoms. The van der Waals surface area contributed by atoms with Gasteiger partial charge in [0.2, 0.25) is 0 Å². The van der Waals surface area contributed by atoms with E-state index in [1.54, 1.807) is 23.9 Å². The third-order valence-electron chi connectivity index (χ3n) is 2.59. The summed E-state index contributed by atoms with van der Waals surface area (Å²) < 4.78 is 0. The second kappa shape index (κ2) is 6.56. The Hall–Kier alpha value is -1.14. The number of phenols is 1. The lowest BCUT2D eigenvalue weighted by atomic mass is 9.89. The van der Waals surface area contributed by atoms with Gasteiger partial charge in [-0.05, 0) is 50.6 Å². The fraction of sp³-hybridized carbons (Fsp3) is 0.500. The number of nitriles is 1. The van der Waals surface area contributed by atoms with Gasteiger partial charge in [0, 0.05) is 4.90 Å². The minimum atomic E-state index is -0.199. The molecule has 0 fully saturated rings. The second-order valence-electron chi connectivity index (χ2n) is 4.80. The summed E-state index contributed by atoms with van der Waals surface area (Å²) in [4.78, 5) is 1.10. The van der Waals surface area contributed by atoms with Gasteiger partial charge in [0.15, 0.2) is 0 Å². The Morgan fingerprint density at radius 3 is 2.76 bits per heavy atom. The van der Waals surface area contributed by atoms with Crippen molar-refractivity contribution in [1.29, 1.82) is 5.26 Å². The fourth-order valence-corrected chi connectivity index (χ4v) is 2.45. The molecule has 0 saturated heterocycles. The van der Waals surface area contributed by atoms with Gasteiger partial charge in [-0.3, -0.25) is 0 Å². The van der Waals surface area contributed by atoms with E-state index < -0.39 is 0 Å². The van der Waals surface area contributed by atoms with Crippen LogP contribution < -0.4 is 0 Å². The monoisotopic (exact) mass is 249 g/mol. The SMILES string of the molecule is CC(C)(C#N)CCCCSc1cccc(O)c1. The van der Waals surface area contributed by atoms with Gasteiger partial charge < -0.3 is 5.11 Å². The third kappa shape index (κ3) is 5.65. The van der Waals surface area contributed by atoms with E-state index in [0.29, 0.717) is 5.75 Å². The highest BCUT2D eigenvalue weighted by molar-refractivity contribution is 7.99. The van der Waals surface area contributed by atoms with Crippen molar-refractivity contribution in [3.05, 3.63) is 24.3 Å². The van der Waals surface area contributed by atoms with E-state index in [9.17, 15) is 5.11 Å². The number of aromatic hydroxyl groups is 1. The van der Waals surface area contributed by atoms with Crippen molar-refractivity contribution >= 4 is 11.8 Å². The molecular formula is C14H19NOS. The zero-order valence-electron chi connectivity index (χ0n) is 10.4. The van der Waals surface area contributed by atoms with Crippen LogP contribution in [-0.4, -0.2) is 10.9 Å². The highest BCUT2D eigenvalue weighted by Gasteiger charge is 2.15. The lowest BCUT2D eigenvalue weighted by molar-refractivity contribution is 0.433. The van der Waals surface area contributed by atoms with Crippen LogP contribution in [0.15, 0.2) is 29.2 Å². The van der Waals surface area contributed by atoms with Crippen LogP contribution in [0.25, 0.3) is 0 Å². The van der Waals surface area contributed by atoms with Crippen LogP contribution in [0.5, 0.6) is 5.75 Å². The van der Waals surface area contributed by atoms with E-state index in [1.165, 1.54) is 0 Å². The summed E-state index contributed by atoms with van der Waals surface area (Å²) in [5, 5.41) is 18.2. The summed E-state index contributed by atoms with van der Waals surface area (Å²) >= 11 is 1.75. The van der Waals surface area contributed by atoms with Crippen LogP contribution in [-0.2, 0) is 0 Å². The molecular weight excluding hydrogens is 230 g/mol. The molecule has 0 heterocycles. The van der Waals surface area contributed by atoms with Crippen LogP contribution in [0.2, 0.25) is 0 Å². The van der Waals surface area contributed by atoms with Crippen molar-refractivity contribution in [3.63, 3.8) is 0 Å². The number of hydrogen-bond donors (Lipinski definition) is 1. The second-order valence-corrected chi connectivity index (χ2v) is 5.97. The summed E-state index contributed by atoms with van der Waals surface area (Å²) in [6, 6.07) is 9.64. The van der Waals surface area contributed by atoms with Crippen molar-refractivity contribution in [3.8, 4) is 11.8 Å². The first-order valence-corrected chi connectivity index (χ1v) is 6.85. The van der Waals surface area contributed by atoms with Crippen molar-refractivity contribution in [1.82, 2.24) is 0 Å². The topological polar surface area (TPSA) is 44.0 Å². The molecule has 3 heteroatoms. The number of hydrogen-bond acceptors (Lipinski definition) is 3. The molecule has 0 bridgehead atoms. The highest BCUT2D eigenvalue weighted by atomic mass is 32.2. The molecule has 0 saturated carbocycles. The Labute approximate surface area is 108 Å². The molecule has 0 aliphatic carbocycles. The predicted octanol–water partition coefficient (Wildman–Crippen LogP) is 4.20. The van der Waals surface area contributed by atoms with Crippen LogP contribution in [0.3, 0.4) is 0 Å². The van der Waals surface area contributed by atoms with E-state index in [4.69, 9.17) is 5.26 Å². The summed E-state index contributed by atoms with van der Waals surface area (Å²) in [5.74, 6) is 1.35. The van der Waals surface area contributed by atoms with Crippen LogP contribution in [0.1, 0.15) is 33.1 Å². The van der Waals surface area contributed by atoms with Crippen molar-refractivity contribution < 1.29 is 5.11 Å². The molecule has 1 rings (SSSR count). The first-order chi connectivity index (χ1) is 8.03.